The van der Waals surface area contributed by atoms with Crippen LogP contribution in [0.5, 0.6) is 0 Å². The molecule has 2 N–H and O–H groups in total. The third kappa shape index (κ3) is 2.15. The molecule has 0 atom stereocenters. The minimum Gasteiger partial charge on any atom is -0.480 e. The van der Waals surface area contributed by atoms with Gasteiger partial charge in [-0.3, -0.25) is 14.4 Å². The molecule has 0 radical (unpaired) electrons. The smallest absolute Gasteiger partial charge is 0.322 e. The second kappa shape index (κ2) is 5.31. The average Bonchev–Trinajstić information content (AvgIpc) is 2.91. The van der Waals surface area contributed by atoms with Crippen molar-refractivity contribution in [2.45, 2.75) is 0 Å². The highest BCUT2D eigenvalue weighted by atomic mass is 16.4. The molecule has 4 rings (SSSR count). The van der Waals surface area contributed by atoms with E-state index in [0.717, 1.165) is 5.56 Å². The van der Waals surface area contributed by atoms with E-state index in [4.69, 9.17) is 5.11 Å². The molecular weight excluding hydrogens is 320 g/mol. The zero-order chi connectivity index (χ0) is 17.7. The highest BCUT2D eigenvalue weighted by Gasteiger charge is 2.31. The molecule has 0 saturated heterocycles. The van der Waals surface area contributed by atoms with E-state index >= 15 is 0 Å². The van der Waals surface area contributed by atoms with Gasteiger partial charge in [-0.25, -0.2) is 0 Å². The van der Waals surface area contributed by atoms with E-state index in [1.54, 1.807) is 37.4 Å². The van der Waals surface area contributed by atoms with Crippen molar-refractivity contribution in [2.24, 2.45) is 7.05 Å². The van der Waals surface area contributed by atoms with E-state index in [0.29, 0.717) is 33.3 Å². The van der Waals surface area contributed by atoms with Crippen LogP contribution in [0, 0.1) is 0 Å². The second-order valence-corrected chi connectivity index (χ2v) is 5.97. The molecule has 1 aromatic heterocycles. The molecular formula is C19H14N2O4. The highest BCUT2D eigenvalue weighted by molar-refractivity contribution is 6.26. The van der Waals surface area contributed by atoms with Crippen molar-refractivity contribution in [3.8, 4) is 11.3 Å². The van der Waals surface area contributed by atoms with Crippen molar-refractivity contribution in [1.29, 1.82) is 0 Å². The fourth-order valence-corrected chi connectivity index (χ4v) is 3.37. The Morgan fingerprint density at radius 1 is 1.08 bits per heavy atom. The monoisotopic (exact) mass is 334 g/mol. The van der Waals surface area contributed by atoms with Crippen LogP contribution in [0.15, 0.2) is 47.3 Å². The summed E-state index contributed by atoms with van der Waals surface area (Å²) in [4.78, 5) is 36.4. The van der Waals surface area contributed by atoms with Crippen LogP contribution in [0.25, 0.3) is 22.0 Å². The Morgan fingerprint density at radius 3 is 2.52 bits per heavy atom. The lowest BCUT2D eigenvalue weighted by molar-refractivity contribution is -0.134. The standard InChI is InChI=1S/C19H14N2O4/c1-21-17-12-4-2-3-5-13(12)18(24)16(17)11-7-6-10(20-9-15(22)23)8-14(11)19(21)25/h2-8,20H,9H2,1H3,(H,22,23). The summed E-state index contributed by atoms with van der Waals surface area (Å²) in [6.07, 6.45) is 0. The molecule has 6 nitrogen and oxygen atoms in total. The normalized spacial score (nSPS) is 12.1. The van der Waals surface area contributed by atoms with Crippen LogP contribution in [-0.4, -0.2) is 28.0 Å². The summed E-state index contributed by atoms with van der Waals surface area (Å²) in [7, 11) is 1.65. The van der Waals surface area contributed by atoms with Gasteiger partial charge in [0.05, 0.1) is 11.3 Å². The quantitative estimate of drug-likeness (QED) is 0.600. The fraction of sp³-hybridized carbons (Fsp3) is 0.105. The summed E-state index contributed by atoms with van der Waals surface area (Å²) in [5.74, 6) is -1.09. The Balaban J connectivity index is 1.99. The lowest BCUT2D eigenvalue weighted by Crippen LogP contribution is -2.20. The van der Waals surface area contributed by atoms with Gasteiger partial charge >= 0.3 is 5.97 Å². The number of hydrogen-bond donors (Lipinski definition) is 2. The molecule has 25 heavy (non-hydrogen) atoms. The Morgan fingerprint density at radius 2 is 1.80 bits per heavy atom. The Bertz CT molecular complexity index is 1130. The molecule has 1 aliphatic carbocycles. The Hall–Kier alpha value is -3.41. The Kier molecular flexibility index (Phi) is 3.21. The van der Waals surface area contributed by atoms with Crippen LogP contribution < -0.4 is 10.9 Å². The van der Waals surface area contributed by atoms with Crippen molar-refractivity contribution in [3.63, 3.8) is 0 Å². The third-order valence-electron chi connectivity index (χ3n) is 4.49. The largest absolute Gasteiger partial charge is 0.480 e. The number of hydrogen-bond acceptors (Lipinski definition) is 4. The van der Waals surface area contributed by atoms with E-state index in [2.05, 4.69) is 5.32 Å². The number of nitrogens with one attached hydrogen (secondary N) is 1. The summed E-state index contributed by atoms with van der Waals surface area (Å²) in [5, 5.41) is 12.5. The zero-order valence-electron chi connectivity index (χ0n) is 13.4. The van der Waals surface area contributed by atoms with E-state index in [1.165, 1.54) is 4.57 Å². The second-order valence-electron chi connectivity index (χ2n) is 5.97. The van der Waals surface area contributed by atoms with Gasteiger partial charge in [-0.15, -0.1) is 0 Å². The maximum atomic E-state index is 12.9. The topological polar surface area (TPSA) is 88.4 Å². The lowest BCUT2D eigenvalue weighted by Gasteiger charge is -2.12. The Labute approximate surface area is 142 Å². The SMILES string of the molecule is Cn1c2c(c3ccc(NCC(=O)O)cc3c1=O)C(=O)c1ccccc1-2. The van der Waals surface area contributed by atoms with Gasteiger partial charge in [0.2, 0.25) is 0 Å². The highest BCUT2D eigenvalue weighted by Crippen LogP contribution is 2.39. The molecule has 0 aliphatic heterocycles. The van der Waals surface area contributed by atoms with E-state index < -0.39 is 5.97 Å². The lowest BCUT2D eigenvalue weighted by atomic mass is 10.0. The number of ketones is 1. The summed E-state index contributed by atoms with van der Waals surface area (Å²) < 4.78 is 1.49. The van der Waals surface area contributed by atoms with Crippen LogP contribution >= 0.6 is 0 Å². The van der Waals surface area contributed by atoms with Crippen LogP contribution in [-0.2, 0) is 11.8 Å². The van der Waals surface area contributed by atoms with Crippen LogP contribution in [0.2, 0.25) is 0 Å². The predicted octanol–water partition coefficient (Wildman–Crippen LogP) is 2.25. The molecule has 0 spiro atoms. The summed E-state index contributed by atoms with van der Waals surface area (Å²) in [5.41, 5.74) is 2.80. The van der Waals surface area contributed by atoms with Crippen molar-refractivity contribution in [1.82, 2.24) is 4.57 Å². The zero-order valence-corrected chi connectivity index (χ0v) is 13.4. The third-order valence-corrected chi connectivity index (χ3v) is 4.49. The van der Waals surface area contributed by atoms with Crippen LogP contribution in [0.4, 0.5) is 5.69 Å². The first kappa shape index (κ1) is 15.1. The molecule has 0 saturated carbocycles. The molecule has 124 valence electrons. The maximum Gasteiger partial charge on any atom is 0.322 e. The van der Waals surface area contributed by atoms with E-state index in [9.17, 15) is 14.4 Å². The fourth-order valence-electron chi connectivity index (χ4n) is 3.37. The molecule has 0 fully saturated rings. The summed E-state index contributed by atoms with van der Waals surface area (Å²) in [6, 6.07) is 12.2. The van der Waals surface area contributed by atoms with Crippen molar-refractivity contribution >= 4 is 28.2 Å². The number of aromatic nitrogens is 1. The number of rotatable bonds is 3. The predicted molar refractivity (Wildman–Crippen MR) is 94.2 cm³/mol. The molecule has 0 amide bonds. The number of carbonyl (C=O) groups is 2. The first-order valence-electron chi connectivity index (χ1n) is 7.75. The molecule has 0 bridgehead atoms. The number of carboxylic acids is 1. The van der Waals surface area contributed by atoms with Crippen LogP contribution in [0.3, 0.4) is 0 Å². The first-order chi connectivity index (χ1) is 12.0. The molecule has 2 aromatic carbocycles. The molecule has 0 unspecified atom stereocenters. The van der Waals surface area contributed by atoms with Crippen molar-refractivity contribution in [3.05, 3.63) is 63.9 Å². The summed E-state index contributed by atoms with van der Waals surface area (Å²) in [6.45, 7) is -0.249. The number of benzene rings is 2. The average molecular weight is 334 g/mol. The van der Waals surface area contributed by atoms with Crippen molar-refractivity contribution < 1.29 is 14.7 Å². The number of aliphatic carboxylic acids is 1. The van der Waals surface area contributed by atoms with E-state index in [1.807, 2.05) is 12.1 Å². The van der Waals surface area contributed by atoms with Crippen molar-refractivity contribution in [2.75, 3.05) is 11.9 Å². The summed E-state index contributed by atoms with van der Waals surface area (Å²) >= 11 is 0. The number of anilines is 1. The molecule has 6 heteroatoms. The maximum absolute atomic E-state index is 12.9. The van der Waals surface area contributed by atoms with Gasteiger partial charge in [0.1, 0.15) is 6.54 Å². The minimum atomic E-state index is -0.993. The van der Waals surface area contributed by atoms with Crippen LogP contribution in [0.1, 0.15) is 15.9 Å². The molecule has 1 aliphatic rings. The van der Waals surface area contributed by atoms with Gasteiger partial charge in [-0.05, 0) is 12.1 Å². The van der Waals surface area contributed by atoms with Gasteiger partial charge in [0.15, 0.2) is 5.78 Å². The van der Waals surface area contributed by atoms with Gasteiger partial charge in [-0.1, -0.05) is 30.3 Å². The molecule has 3 aromatic rings. The van der Waals surface area contributed by atoms with Gasteiger partial charge in [0, 0.05) is 34.6 Å². The van der Waals surface area contributed by atoms with Gasteiger partial charge in [0.25, 0.3) is 5.56 Å². The minimum absolute atomic E-state index is 0.0996. The number of carbonyl (C=O) groups excluding carboxylic acids is 1. The number of nitrogens with zero attached hydrogens (tertiary/aromatic N) is 1. The number of pyridine rings is 1. The first-order valence-corrected chi connectivity index (χ1v) is 7.75. The van der Waals surface area contributed by atoms with Gasteiger partial charge in [-0.2, -0.15) is 0 Å². The number of carboxylic acid groups (broad SMARTS) is 1. The number of fused-ring (bicyclic) bond motifs is 5. The van der Waals surface area contributed by atoms with E-state index in [-0.39, 0.29) is 17.9 Å². The van der Waals surface area contributed by atoms with Gasteiger partial charge < -0.3 is 15.0 Å². The molecule has 1 heterocycles.